The highest BCUT2D eigenvalue weighted by molar-refractivity contribution is 6.35. The van der Waals surface area contributed by atoms with E-state index in [2.05, 4.69) is 17.2 Å². The molecule has 0 aliphatic carbocycles. The van der Waals surface area contributed by atoms with Gasteiger partial charge in [0.1, 0.15) is 11.4 Å². The van der Waals surface area contributed by atoms with Crippen molar-refractivity contribution in [3.05, 3.63) is 34.9 Å². The Morgan fingerprint density at radius 2 is 2.06 bits per heavy atom. The molecule has 1 N–H and O–H groups in total. The van der Waals surface area contributed by atoms with E-state index in [4.69, 9.17) is 11.6 Å². The van der Waals surface area contributed by atoms with Gasteiger partial charge in [0.15, 0.2) is 0 Å². The van der Waals surface area contributed by atoms with Gasteiger partial charge in [0.25, 0.3) is 5.91 Å². The number of amidine groups is 1. The minimum absolute atomic E-state index is 0.0123. The van der Waals surface area contributed by atoms with E-state index < -0.39 is 5.54 Å². The molecular weight excluding hydrogens is 248 g/mol. The second-order valence-electron chi connectivity index (χ2n) is 4.53. The quantitative estimate of drug-likeness (QED) is 0.892. The molecule has 3 nitrogen and oxygen atoms in total. The number of aliphatic imine (C=N–C) groups is 1. The lowest BCUT2D eigenvalue weighted by atomic mass is 9.91. The maximum absolute atomic E-state index is 12.1. The lowest BCUT2D eigenvalue weighted by Crippen LogP contribution is -2.39. The summed E-state index contributed by atoms with van der Waals surface area (Å²) in [6.45, 7) is 4.06. The maximum atomic E-state index is 12.1. The molecule has 1 aliphatic heterocycles. The fraction of sp³-hybridized carbons (Fsp3) is 0.429. The normalized spacial score (nSPS) is 22.8. The van der Waals surface area contributed by atoms with Gasteiger partial charge < -0.3 is 5.32 Å². The first-order valence-corrected chi connectivity index (χ1v) is 6.67. The predicted octanol–water partition coefficient (Wildman–Crippen LogP) is 3.17. The molecule has 0 saturated carbocycles. The van der Waals surface area contributed by atoms with E-state index in [9.17, 15) is 4.79 Å². The minimum Gasteiger partial charge on any atom is -0.308 e. The zero-order valence-electron chi connectivity index (χ0n) is 10.7. The summed E-state index contributed by atoms with van der Waals surface area (Å²) in [5, 5.41) is 3.48. The van der Waals surface area contributed by atoms with Crippen molar-refractivity contribution in [2.24, 2.45) is 4.99 Å². The highest BCUT2D eigenvalue weighted by Gasteiger charge is 2.41. The van der Waals surface area contributed by atoms with Crippen molar-refractivity contribution in [1.82, 2.24) is 5.32 Å². The molecule has 0 bridgehead atoms. The molecular formula is C14H17ClN2O. The highest BCUT2D eigenvalue weighted by Crippen LogP contribution is 2.29. The Hall–Kier alpha value is -1.35. The van der Waals surface area contributed by atoms with Crippen molar-refractivity contribution >= 4 is 23.3 Å². The van der Waals surface area contributed by atoms with Crippen molar-refractivity contribution in [3.63, 3.8) is 0 Å². The second-order valence-corrected chi connectivity index (χ2v) is 4.94. The summed E-state index contributed by atoms with van der Waals surface area (Å²) in [7, 11) is 0. The van der Waals surface area contributed by atoms with Crippen molar-refractivity contribution in [3.8, 4) is 0 Å². The monoisotopic (exact) mass is 264 g/mol. The van der Waals surface area contributed by atoms with E-state index in [-0.39, 0.29) is 5.91 Å². The number of amides is 1. The van der Waals surface area contributed by atoms with Crippen molar-refractivity contribution in [2.75, 3.05) is 0 Å². The van der Waals surface area contributed by atoms with Crippen molar-refractivity contribution in [2.45, 2.75) is 38.6 Å². The van der Waals surface area contributed by atoms with Gasteiger partial charge in [0.05, 0.1) is 5.02 Å². The molecule has 18 heavy (non-hydrogen) atoms. The lowest BCUT2D eigenvalue weighted by molar-refractivity contribution is -0.124. The Bertz CT molecular complexity index is 498. The van der Waals surface area contributed by atoms with Crippen LogP contribution in [-0.4, -0.2) is 17.3 Å². The molecule has 4 heteroatoms. The van der Waals surface area contributed by atoms with Crippen LogP contribution in [0.3, 0.4) is 0 Å². The summed E-state index contributed by atoms with van der Waals surface area (Å²) in [5.41, 5.74) is 0.183. The Kier molecular flexibility index (Phi) is 3.71. The van der Waals surface area contributed by atoms with Gasteiger partial charge >= 0.3 is 0 Å². The molecule has 96 valence electrons. The second kappa shape index (κ2) is 5.11. The largest absolute Gasteiger partial charge is 0.308 e. The van der Waals surface area contributed by atoms with Crippen LogP contribution >= 0.6 is 11.6 Å². The van der Waals surface area contributed by atoms with Crippen LogP contribution in [0.5, 0.6) is 0 Å². The summed E-state index contributed by atoms with van der Waals surface area (Å²) in [4.78, 5) is 16.8. The Morgan fingerprint density at radius 3 is 2.67 bits per heavy atom. The fourth-order valence-electron chi connectivity index (χ4n) is 2.30. The van der Waals surface area contributed by atoms with E-state index in [0.29, 0.717) is 17.3 Å². The summed E-state index contributed by atoms with van der Waals surface area (Å²) in [5.74, 6) is 0.586. The molecule has 0 fully saturated rings. The smallest absolute Gasteiger partial charge is 0.253 e. The number of rotatable bonds is 4. The van der Waals surface area contributed by atoms with Gasteiger partial charge in [0, 0.05) is 5.56 Å². The molecule has 1 amide bonds. The van der Waals surface area contributed by atoms with Gasteiger partial charge in [0.2, 0.25) is 0 Å². The van der Waals surface area contributed by atoms with Gasteiger partial charge in [-0.25, -0.2) is 0 Å². The number of hydrogen-bond acceptors (Lipinski definition) is 2. The molecule has 1 heterocycles. The lowest BCUT2D eigenvalue weighted by Gasteiger charge is -2.20. The highest BCUT2D eigenvalue weighted by atomic mass is 35.5. The molecule has 1 unspecified atom stereocenters. The molecule has 1 aromatic carbocycles. The molecule has 0 aromatic heterocycles. The summed E-state index contributed by atoms with van der Waals surface area (Å²) in [6, 6.07) is 7.43. The molecule has 0 radical (unpaired) electrons. The third kappa shape index (κ3) is 2.15. The molecule has 0 saturated heterocycles. The van der Waals surface area contributed by atoms with Crippen LogP contribution in [0.15, 0.2) is 29.3 Å². The number of carbonyl (C=O) groups is 1. The first kappa shape index (κ1) is 13.1. The number of nitrogens with zero attached hydrogens (tertiary/aromatic N) is 1. The first-order chi connectivity index (χ1) is 8.63. The summed E-state index contributed by atoms with van der Waals surface area (Å²) in [6.07, 6.45) is 2.41. The summed E-state index contributed by atoms with van der Waals surface area (Å²) < 4.78 is 0. The van der Waals surface area contributed by atoms with Gasteiger partial charge in [-0.15, -0.1) is 0 Å². The minimum atomic E-state index is -0.608. The predicted molar refractivity (Wildman–Crippen MR) is 74.1 cm³/mol. The average molecular weight is 265 g/mol. The van der Waals surface area contributed by atoms with Crippen molar-refractivity contribution in [1.29, 1.82) is 0 Å². The van der Waals surface area contributed by atoms with Crippen LogP contribution < -0.4 is 5.32 Å². The maximum Gasteiger partial charge on any atom is 0.253 e. The van der Waals surface area contributed by atoms with E-state index in [0.717, 1.165) is 18.4 Å². The van der Waals surface area contributed by atoms with Crippen LogP contribution in [0, 0.1) is 0 Å². The molecule has 2 rings (SSSR count). The SMILES string of the molecule is CCCC1(CC)N=C(c2ccccc2Cl)NC1=O. The van der Waals surface area contributed by atoms with Crippen LogP contribution in [0.1, 0.15) is 38.7 Å². The Labute approximate surface area is 112 Å². The van der Waals surface area contributed by atoms with E-state index >= 15 is 0 Å². The molecule has 1 aromatic rings. The third-order valence-electron chi connectivity index (χ3n) is 3.36. The number of carbonyl (C=O) groups excluding carboxylic acids is 1. The van der Waals surface area contributed by atoms with Crippen LogP contribution in [0.2, 0.25) is 5.02 Å². The Balaban J connectivity index is 2.40. The first-order valence-electron chi connectivity index (χ1n) is 6.29. The zero-order valence-corrected chi connectivity index (χ0v) is 11.4. The topological polar surface area (TPSA) is 41.5 Å². The van der Waals surface area contributed by atoms with E-state index in [1.165, 1.54) is 0 Å². The van der Waals surface area contributed by atoms with Crippen LogP contribution in [0.25, 0.3) is 0 Å². The number of benzene rings is 1. The summed E-state index contributed by atoms with van der Waals surface area (Å²) >= 11 is 6.13. The number of nitrogens with one attached hydrogen (secondary N) is 1. The zero-order chi connectivity index (χ0) is 13.2. The average Bonchev–Trinajstić information content (AvgIpc) is 2.68. The fourth-order valence-corrected chi connectivity index (χ4v) is 2.52. The van der Waals surface area contributed by atoms with Gasteiger partial charge in [-0.1, -0.05) is 44.0 Å². The molecule has 1 aliphatic rings. The van der Waals surface area contributed by atoms with Gasteiger partial charge in [-0.2, -0.15) is 0 Å². The van der Waals surface area contributed by atoms with Gasteiger partial charge in [-0.3, -0.25) is 9.79 Å². The standard InChI is InChI=1S/C14H17ClN2O/c1-3-9-14(4-2)13(18)16-12(17-14)10-7-5-6-8-11(10)15/h5-8H,3-4,9H2,1-2H3,(H,16,17,18). The molecule has 1 atom stereocenters. The van der Waals surface area contributed by atoms with Gasteiger partial charge in [-0.05, 0) is 25.0 Å². The number of halogens is 1. The van der Waals surface area contributed by atoms with E-state index in [1.54, 1.807) is 6.07 Å². The van der Waals surface area contributed by atoms with E-state index in [1.807, 2.05) is 25.1 Å². The third-order valence-corrected chi connectivity index (χ3v) is 3.69. The van der Waals surface area contributed by atoms with Crippen molar-refractivity contribution < 1.29 is 4.79 Å². The van der Waals surface area contributed by atoms with Crippen LogP contribution in [-0.2, 0) is 4.79 Å². The molecule has 0 spiro atoms. The Morgan fingerprint density at radius 1 is 1.33 bits per heavy atom. The number of hydrogen-bond donors (Lipinski definition) is 1. The van der Waals surface area contributed by atoms with Crippen LogP contribution in [0.4, 0.5) is 0 Å².